The molecule has 0 saturated carbocycles. The summed E-state index contributed by atoms with van der Waals surface area (Å²) in [6, 6.07) is 13.1. The van der Waals surface area contributed by atoms with Crippen molar-refractivity contribution in [1.29, 1.82) is 0 Å². The van der Waals surface area contributed by atoms with Crippen molar-refractivity contribution in [2.45, 2.75) is 11.8 Å². The van der Waals surface area contributed by atoms with E-state index in [9.17, 15) is 4.79 Å². The monoisotopic (exact) mass is 302 g/mol. The number of ether oxygens (including phenoxy) is 1. The van der Waals surface area contributed by atoms with Gasteiger partial charge in [0, 0.05) is 16.3 Å². The zero-order valence-electron chi connectivity index (χ0n) is 12.1. The minimum absolute atomic E-state index is 0.329. The molecule has 2 aromatic carbocycles. The minimum atomic E-state index is -0.381. The van der Waals surface area contributed by atoms with E-state index in [4.69, 9.17) is 10.5 Å². The number of benzene rings is 2. The Hall–Kier alpha value is -2.14. The molecule has 4 nitrogen and oxygen atoms in total. The Bertz CT molecular complexity index is 627. The molecule has 0 aromatic heterocycles. The molecule has 0 unspecified atom stereocenters. The van der Waals surface area contributed by atoms with Crippen LogP contribution in [0.15, 0.2) is 47.4 Å². The van der Waals surface area contributed by atoms with Gasteiger partial charge < -0.3 is 15.8 Å². The van der Waals surface area contributed by atoms with Crippen LogP contribution < -0.4 is 11.1 Å². The van der Waals surface area contributed by atoms with Crippen LogP contribution in [0.25, 0.3) is 0 Å². The quantitative estimate of drug-likeness (QED) is 0.498. The predicted molar refractivity (Wildman–Crippen MR) is 88.3 cm³/mol. The molecule has 0 aliphatic heterocycles. The van der Waals surface area contributed by atoms with Gasteiger partial charge in [-0.2, -0.15) is 0 Å². The normalized spacial score (nSPS) is 10.2. The zero-order chi connectivity index (χ0) is 15.2. The highest BCUT2D eigenvalue weighted by Crippen LogP contribution is 2.25. The van der Waals surface area contributed by atoms with Crippen LogP contribution >= 0.6 is 11.8 Å². The third-order valence-electron chi connectivity index (χ3n) is 2.91. The number of carbonyl (C=O) groups excluding carboxylic acids is 1. The van der Waals surface area contributed by atoms with Gasteiger partial charge in [-0.1, -0.05) is 0 Å². The lowest BCUT2D eigenvalue weighted by molar-refractivity contribution is 0.0527. The summed E-state index contributed by atoms with van der Waals surface area (Å²) in [7, 11) is 0. The molecule has 21 heavy (non-hydrogen) atoms. The van der Waals surface area contributed by atoms with Gasteiger partial charge >= 0.3 is 5.97 Å². The third kappa shape index (κ3) is 3.92. The molecule has 0 amide bonds. The Morgan fingerprint density at radius 1 is 1.24 bits per heavy atom. The van der Waals surface area contributed by atoms with Crippen LogP contribution in [0, 0.1) is 0 Å². The largest absolute Gasteiger partial charge is 0.462 e. The van der Waals surface area contributed by atoms with E-state index < -0.39 is 0 Å². The molecule has 0 fully saturated rings. The Morgan fingerprint density at radius 3 is 2.57 bits per heavy atom. The lowest BCUT2D eigenvalue weighted by Gasteiger charge is -2.12. The average Bonchev–Trinajstić information content (AvgIpc) is 2.50. The number of rotatable bonds is 5. The van der Waals surface area contributed by atoms with E-state index in [0.717, 1.165) is 5.69 Å². The molecule has 0 radical (unpaired) electrons. The number of thioether (sulfide) groups is 1. The standard InChI is InChI=1S/C16H18N2O2S/c1-3-20-16(19)14-10-11(17)4-9-15(14)18-12-5-7-13(21-2)8-6-12/h4-10,18H,3,17H2,1-2H3. The number of nitrogens with one attached hydrogen (secondary N) is 1. The number of esters is 1. The number of hydrogen-bond donors (Lipinski definition) is 2. The summed E-state index contributed by atoms with van der Waals surface area (Å²) in [5.41, 5.74) is 8.31. The number of anilines is 3. The Labute approximate surface area is 128 Å². The summed E-state index contributed by atoms with van der Waals surface area (Å²) in [6.07, 6.45) is 2.03. The van der Waals surface area contributed by atoms with E-state index >= 15 is 0 Å². The summed E-state index contributed by atoms with van der Waals surface area (Å²) in [6.45, 7) is 2.11. The Morgan fingerprint density at radius 2 is 1.95 bits per heavy atom. The van der Waals surface area contributed by atoms with E-state index in [1.165, 1.54) is 4.90 Å². The molecule has 0 aliphatic rings. The van der Waals surface area contributed by atoms with Crippen LogP contribution in [0.5, 0.6) is 0 Å². The SMILES string of the molecule is CCOC(=O)c1cc(N)ccc1Nc1ccc(SC)cc1. The van der Waals surface area contributed by atoms with Gasteiger partial charge in [-0.05, 0) is 55.6 Å². The molecule has 5 heteroatoms. The van der Waals surface area contributed by atoms with Crippen LogP contribution in [-0.2, 0) is 4.74 Å². The summed E-state index contributed by atoms with van der Waals surface area (Å²) in [4.78, 5) is 13.2. The fourth-order valence-corrected chi connectivity index (χ4v) is 2.29. The fraction of sp³-hybridized carbons (Fsp3) is 0.188. The maximum absolute atomic E-state index is 12.0. The first kappa shape index (κ1) is 15.3. The Kier molecular flexibility index (Phi) is 5.11. The fourth-order valence-electron chi connectivity index (χ4n) is 1.88. The maximum atomic E-state index is 12.0. The van der Waals surface area contributed by atoms with Crippen molar-refractivity contribution in [3.05, 3.63) is 48.0 Å². The molecule has 0 heterocycles. The molecule has 2 rings (SSSR count). The third-order valence-corrected chi connectivity index (χ3v) is 3.65. The van der Waals surface area contributed by atoms with Gasteiger partial charge in [-0.3, -0.25) is 0 Å². The topological polar surface area (TPSA) is 64.3 Å². The van der Waals surface area contributed by atoms with Gasteiger partial charge in [-0.25, -0.2) is 4.79 Å². The highest BCUT2D eigenvalue weighted by Gasteiger charge is 2.13. The first-order valence-corrected chi connectivity index (χ1v) is 7.84. The van der Waals surface area contributed by atoms with E-state index in [0.29, 0.717) is 23.5 Å². The van der Waals surface area contributed by atoms with Crippen molar-refractivity contribution in [2.24, 2.45) is 0 Å². The summed E-state index contributed by atoms with van der Waals surface area (Å²) < 4.78 is 5.06. The molecular formula is C16H18N2O2S. The van der Waals surface area contributed by atoms with Crippen LogP contribution in [-0.4, -0.2) is 18.8 Å². The molecule has 110 valence electrons. The van der Waals surface area contributed by atoms with Crippen LogP contribution in [0.2, 0.25) is 0 Å². The lowest BCUT2D eigenvalue weighted by atomic mass is 10.1. The number of hydrogen-bond acceptors (Lipinski definition) is 5. The van der Waals surface area contributed by atoms with Gasteiger partial charge in [0.05, 0.1) is 17.9 Å². The second-order valence-corrected chi connectivity index (χ2v) is 5.26. The minimum Gasteiger partial charge on any atom is -0.462 e. The lowest BCUT2D eigenvalue weighted by Crippen LogP contribution is -2.08. The van der Waals surface area contributed by atoms with Gasteiger partial charge in [0.15, 0.2) is 0 Å². The highest BCUT2D eigenvalue weighted by atomic mass is 32.2. The molecule has 3 N–H and O–H groups in total. The van der Waals surface area contributed by atoms with Crippen molar-refractivity contribution in [1.82, 2.24) is 0 Å². The molecule has 0 aliphatic carbocycles. The van der Waals surface area contributed by atoms with Crippen molar-refractivity contribution in [2.75, 3.05) is 23.9 Å². The Balaban J connectivity index is 2.27. The van der Waals surface area contributed by atoms with E-state index in [-0.39, 0.29) is 5.97 Å². The van der Waals surface area contributed by atoms with Gasteiger partial charge in [-0.15, -0.1) is 11.8 Å². The smallest absolute Gasteiger partial charge is 0.340 e. The van der Waals surface area contributed by atoms with Crippen LogP contribution in [0.3, 0.4) is 0 Å². The van der Waals surface area contributed by atoms with Gasteiger partial charge in [0.25, 0.3) is 0 Å². The second kappa shape index (κ2) is 7.04. The molecule has 0 saturated heterocycles. The molecular weight excluding hydrogens is 284 g/mol. The average molecular weight is 302 g/mol. The zero-order valence-corrected chi connectivity index (χ0v) is 12.9. The molecule has 2 aromatic rings. The van der Waals surface area contributed by atoms with Crippen molar-refractivity contribution < 1.29 is 9.53 Å². The first-order chi connectivity index (χ1) is 10.1. The predicted octanol–water partition coefficient (Wildman–Crippen LogP) is 3.91. The van der Waals surface area contributed by atoms with Gasteiger partial charge in [0.1, 0.15) is 0 Å². The van der Waals surface area contributed by atoms with Gasteiger partial charge in [0.2, 0.25) is 0 Å². The second-order valence-electron chi connectivity index (χ2n) is 4.38. The van der Waals surface area contributed by atoms with E-state index in [1.807, 2.05) is 30.5 Å². The van der Waals surface area contributed by atoms with Crippen molar-refractivity contribution in [3.8, 4) is 0 Å². The first-order valence-electron chi connectivity index (χ1n) is 6.61. The van der Waals surface area contributed by atoms with Crippen LogP contribution in [0.4, 0.5) is 17.1 Å². The highest BCUT2D eigenvalue weighted by molar-refractivity contribution is 7.98. The maximum Gasteiger partial charge on any atom is 0.340 e. The molecule has 0 spiro atoms. The summed E-state index contributed by atoms with van der Waals surface area (Å²) in [5.74, 6) is -0.381. The van der Waals surface area contributed by atoms with Crippen molar-refractivity contribution in [3.63, 3.8) is 0 Å². The number of carbonyl (C=O) groups is 1. The number of nitrogens with two attached hydrogens (primary N) is 1. The summed E-state index contributed by atoms with van der Waals surface area (Å²) >= 11 is 1.68. The molecule has 0 atom stereocenters. The molecule has 0 bridgehead atoms. The van der Waals surface area contributed by atoms with Crippen LogP contribution in [0.1, 0.15) is 17.3 Å². The van der Waals surface area contributed by atoms with E-state index in [2.05, 4.69) is 5.32 Å². The van der Waals surface area contributed by atoms with Crippen molar-refractivity contribution >= 4 is 34.8 Å². The number of nitrogen functional groups attached to an aromatic ring is 1. The van der Waals surface area contributed by atoms with E-state index in [1.54, 1.807) is 36.9 Å². The summed E-state index contributed by atoms with van der Waals surface area (Å²) in [5, 5.41) is 3.22.